The van der Waals surface area contributed by atoms with Crippen LogP contribution in [-0.4, -0.2) is 16.2 Å². The normalized spacial score (nSPS) is 12.2. The van der Waals surface area contributed by atoms with Crippen molar-refractivity contribution in [1.82, 2.24) is 9.97 Å². The van der Waals surface area contributed by atoms with Gasteiger partial charge < -0.3 is 0 Å². The summed E-state index contributed by atoms with van der Waals surface area (Å²) in [6.45, 7) is 4.00. The van der Waals surface area contributed by atoms with Crippen LogP contribution in [0.3, 0.4) is 0 Å². The van der Waals surface area contributed by atoms with Crippen LogP contribution in [-0.2, 0) is 6.18 Å². The van der Waals surface area contributed by atoms with Crippen molar-refractivity contribution in [1.29, 1.82) is 0 Å². The number of nitrogens with one attached hydrogen (secondary N) is 1. The molecule has 0 unspecified atom stereocenters. The van der Waals surface area contributed by atoms with E-state index in [1.165, 1.54) is 24.7 Å². The Labute approximate surface area is 140 Å². The standard InChI is InChI=1S/C16H13F3N4S/c1-9-10(2)24-15-13(9)14(20-8-21-15)23-22-7-11-3-5-12(6-4-11)16(17,18)19/h3-8H,1-2H3,(H,20,21,23)/b22-7-. The van der Waals surface area contributed by atoms with Gasteiger partial charge in [0.05, 0.1) is 17.2 Å². The molecule has 0 aliphatic heterocycles. The maximum absolute atomic E-state index is 12.5. The molecule has 124 valence electrons. The summed E-state index contributed by atoms with van der Waals surface area (Å²) in [6, 6.07) is 4.78. The van der Waals surface area contributed by atoms with Gasteiger partial charge >= 0.3 is 6.18 Å². The van der Waals surface area contributed by atoms with Crippen LogP contribution < -0.4 is 5.43 Å². The zero-order valence-corrected chi connectivity index (χ0v) is 13.7. The number of alkyl halides is 3. The number of thiophene rings is 1. The third kappa shape index (κ3) is 3.23. The molecule has 0 bridgehead atoms. The van der Waals surface area contributed by atoms with Crippen LogP contribution in [0.1, 0.15) is 21.6 Å². The van der Waals surface area contributed by atoms with E-state index in [4.69, 9.17) is 0 Å². The number of fused-ring (bicyclic) bond motifs is 1. The third-order valence-corrected chi connectivity index (χ3v) is 4.70. The minimum atomic E-state index is -4.34. The van der Waals surface area contributed by atoms with Crippen LogP contribution in [0.15, 0.2) is 35.7 Å². The first-order valence-corrected chi connectivity index (χ1v) is 7.85. The molecule has 1 N–H and O–H groups in total. The number of benzene rings is 1. The van der Waals surface area contributed by atoms with E-state index in [9.17, 15) is 13.2 Å². The van der Waals surface area contributed by atoms with Crippen LogP contribution in [0.4, 0.5) is 19.0 Å². The van der Waals surface area contributed by atoms with Gasteiger partial charge in [0, 0.05) is 4.88 Å². The summed E-state index contributed by atoms with van der Waals surface area (Å²) in [5, 5.41) is 4.97. The van der Waals surface area contributed by atoms with Gasteiger partial charge in [-0.25, -0.2) is 9.97 Å². The highest BCUT2D eigenvalue weighted by Gasteiger charge is 2.29. The number of rotatable bonds is 3. The van der Waals surface area contributed by atoms with E-state index in [2.05, 4.69) is 20.5 Å². The van der Waals surface area contributed by atoms with Gasteiger partial charge in [-0.1, -0.05) is 12.1 Å². The number of hydrogen-bond donors (Lipinski definition) is 1. The summed E-state index contributed by atoms with van der Waals surface area (Å²) in [7, 11) is 0. The largest absolute Gasteiger partial charge is 0.416 e. The third-order valence-electron chi connectivity index (χ3n) is 3.59. The van der Waals surface area contributed by atoms with Crippen molar-refractivity contribution < 1.29 is 13.2 Å². The van der Waals surface area contributed by atoms with Gasteiger partial charge in [0.1, 0.15) is 11.2 Å². The molecule has 4 nitrogen and oxygen atoms in total. The predicted octanol–water partition coefficient (Wildman–Crippen LogP) is 4.77. The topological polar surface area (TPSA) is 50.2 Å². The fraction of sp³-hybridized carbons (Fsp3) is 0.188. The van der Waals surface area contributed by atoms with Crippen molar-refractivity contribution in [3.8, 4) is 0 Å². The highest BCUT2D eigenvalue weighted by Crippen LogP contribution is 2.32. The van der Waals surface area contributed by atoms with E-state index in [1.54, 1.807) is 11.3 Å². The average molecular weight is 350 g/mol. The highest BCUT2D eigenvalue weighted by atomic mass is 32.1. The quantitative estimate of drug-likeness (QED) is 0.547. The fourth-order valence-electron chi connectivity index (χ4n) is 2.19. The van der Waals surface area contributed by atoms with Crippen molar-refractivity contribution in [2.24, 2.45) is 5.10 Å². The number of nitrogens with zero attached hydrogens (tertiary/aromatic N) is 3. The smallest absolute Gasteiger partial charge is 0.261 e. The van der Waals surface area contributed by atoms with Crippen LogP contribution in [0, 0.1) is 13.8 Å². The van der Waals surface area contributed by atoms with Crippen molar-refractivity contribution in [2.45, 2.75) is 20.0 Å². The van der Waals surface area contributed by atoms with Crippen LogP contribution >= 0.6 is 11.3 Å². The molecule has 0 saturated carbocycles. The second-order valence-corrected chi connectivity index (χ2v) is 6.38. The average Bonchev–Trinajstić information content (AvgIpc) is 2.83. The van der Waals surface area contributed by atoms with Crippen LogP contribution in [0.5, 0.6) is 0 Å². The van der Waals surface area contributed by atoms with Crippen molar-refractivity contribution in [2.75, 3.05) is 5.43 Å². The molecule has 0 atom stereocenters. The maximum Gasteiger partial charge on any atom is 0.416 e. The Kier molecular flexibility index (Phi) is 4.23. The van der Waals surface area contributed by atoms with Gasteiger partial charge in [-0.3, -0.25) is 5.43 Å². The Balaban J connectivity index is 1.80. The first-order chi connectivity index (χ1) is 11.4. The summed E-state index contributed by atoms with van der Waals surface area (Å²) in [4.78, 5) is 10.4. The number of hydrazone groups is 1. The summed E-state index contributed by atoms with van der Waals surface area (Å²) in [5.41, 5.74) is 3.79. The molecule has 8 heteroatoms. The Morgan fingerprint density at radius 1 is 1.12 bits per heavy atom. The fourth-order valence-corrected chi connectivity index (χ4v) is 3.19. The second-order valence-electron chi connectivity index (χ2n) is 5.18. The van der Waals surface area contributed by atoms with Crippen LogP contribution in [0.25, 0.3) is 10.2 Å². The number of hydrogen-bond acceptors (Lipinski definition) is 5. The highest BCUT2D eigenvalue weighted by molar-refractivity contribution is 7.18. The zero-order valence-electron chi connectivity index (χ0n) is 12.8. The molecule has 2 aromatic heterocycles. The Morgan fingerprint density at radius 2 is 1.83 bits per heavy atom. The molecular formula is C16H13F3N4S. The first-order valence-electron chi connectivity index (χ1n) is 7.03. The van der Waals surface area contributed by atoms with Gasteiger partial charge in [-0.05, 0) is 37.1 Å². The Morgan fingerprint density at radius 3 is 2.50 bits per heavy atom. The van der Waals surface area contributed by atoms with E-state index in [-0.39, 0.29) is 0 Å². The summed E-state index contributed by atoms with van der Waals surface area (Å²) < 4.78 is 37.6. The molecule has 0 fully saturated rings. The predicted molar refractivity (Wildman–Crippen MR) is 89.5 cm³/mol. The summed E-state index contributed by atoms with van der Waals surface area (Å²) >= 11 is 1.58. The molecule has 24 heavy (non-hydrogen) atoms. The molecule has 1 aromatic carbocycles. The lowest BCUT2D eigenvalue weighted by atomic mass is 10.1. The lowest BCUT2D eigenvalue weighted by Gasteiger charge is -2.06. The molecule has 2 heterocycles. The van der Waals surface area contributed by atoms with Gasteiger partial charge in [-0.15, -0.1) is 11.3 Å². The summed E-state index contributed by atoms with van der Waals surface area (Å²) in [5.74, 6) is 0.574. The molecule has 0 radical (unpaired) electrons. The van der Waals surface area contributed by atoms with E-state index >= 15 is 0 Å². The van der Waals surface area contributed by atoms with Gasteiger partial charge in [0.2, 0.25) is 0 Å². The van der Waals surface area contributed by atoms with Gasteiger partial charge in [0.25, 0.3) is 0 Å². The Hall–Kier alpha value is -2.48. The molecule has 0 spiro atoms. The molecule has 3 aromatic rings. The Bertz CT molecular complexity index is 898. The van der Waals surface area contributed by atoms with E-state index in [0.29, 0.717) is 11.4 Å². The molecule has 0 saturated heterocycles. The van der Waals surface area contributed by atoms with Crippen molar-refractivity contribution >= 4 is 33.6 Å². The molecule has 0 aliphatic carbocycles. The van der Waals surface area contributed by atoms with E-state index in [1.807, 2.05) is 13.8 Å². The zero-order chi connectivity index (χ0) is 17.3. The first kappa shape index (κ1) is 16.4. The lowest BCUT2D eigenvalue weighted by Crippen LogP contribution is -2.04. The maximum atomic E-state index is 12.5. The molecule has 0 aliphatic rings. The number of halogens is 3. The minimum Gasteiger partial charge on any atom is -0.261 e. The van der Waals surface area contributed by atoms with Crippen molar-refractivity contribution in [3.05, 3.63) is 52.2 Å². The lowest BCUT2D eigenvalue weighted by molar-refractivity contribution is -0.137. The molecular weight excluding hydrogens is 337 g/mol. The number of aromatic nitrogens is 2. The summed E-state index contributed by atoms with van der Waals surface area (Å²) in [6.07, 6.45) is -1.44. The monoisotopic (exact) mass is 350 g/mol. The van der Waals surface area contributed by atoms with Gasteiger partial charge in [0.15, 0.2) is 5.82 Å². The van der Waals surface area contributed by atoms with Gasteiger partial charge in [-0.2, -0.15) is 18.3 Å². The minimum absolute atomic E-state index is 0.555. The number of anilines is 1. The van der Waals surface area contributed by atoms with E-state index in [0.717, 1.165) is 32.8 Å². The SMILES string of the molecule is Cc1sc2ncnc(N/N=C\c3ccc(C(F)(F)F)cc3)c2c1C. The molecule has 0 amide bonds. The number of aryl methyl sites for hydroxylation is 2. The van der Waals surface area contributed by atoms with E-state index < -0.39 is 11.7 Å². The van der Waals surface area contributed by atoms with Crippen molar-refractivity contribution in [3.63, 3.8) is 0 Å². The van der Waals surface area contributed by atoms with Crippen LogP contribution in [0.2, 0.25) is 0 Å². The molecule has 3 rings (SSSR count). The second kappa shape index (κ2) is 6.20.